The molecule has 0 fully saturated rings. The minimum atomic E-state index is 0.441. The number of thiocarbonyl (C=S) groups is 1. The summed E-state index contributed by atoms with van der Waals surface area (Å²) in [6.45, 7) is 4.44. The summed E-state index contributed by atoms with van der Waals surface area (Å²) in [7, 11) is 0. The molecule has 1 aromatic rings. The quantitative estimate of drug-likeness (QED) is 0.423. The third-order valence-corrected chi connectivity index (χ3v) is 4.12. The van der Waals surface area contributed by atoms with Crippen LogP contribution in [-0.4, -0.2) is 17.3 Å². The Morgan fingerprint density at radius 1 is 1.42 bits per heavy atom. The summed E-state index contributed by atoms with van der Waals surface area (Å²) in [5.74, 6) is 0. The molecule has 0 aliphatic carbocycles. The summed E-state index contributed by atoms with van der Waals surface area (Å²) in [4.78, 5) is 1.60. The first-order valence-corrected chi connectivity index (χ1v) is 8.46. The van der Waals surface area contributed by atoms with Crippen molar-refractivity contribution in [1.29, 1.82) is 0 Å². The van der Waals surface area contributed by atoms with Crippen molar-refractivity contribution in [3.8, 4) is 0 Å². The molecular formula is C15H24N2S2. The molecular weight excluding hydrogens is 272 g/mol. The van der Waals surface area contributed by atoms with E-state index in [0.29, 0.717) is 11.0 Å². The molecule has 0 bridgehead atoms. The Morgan fingerprint density at radius 3 is 2.74 bits per heavy atom. The van der Waals surface area contributed by atoms with Gasteiger partial charge >= 0.3 is 0 Å². The van der Waals surface area contributed by atoms with Crippen molar-refractivity contribution in [2.75, 3.05) is 11.6 Å². The molecule has 0 spiro atoms. The SMILES string of the molecule is CCCCCC(C)Nc1cccc(SC)c1C(N)=S. The number of anilines is 1. The van der Waals surface area contributed by atoms with E-state index in [9.17, 15) is 0 Å². The Labute approximate surface area is 126 Å². The highest BCUT2D eigenvalue weighted by Crippen LogP contribution is 2.28. The number of unbranched alkanes of at least 4 members (excludes halogenated alkanes) is 2. The van der Waals surface area contributed by atoms with E-state index in [1.807, 2.05) is 6.26 Å². The summed E-state index contributed by atoms with van der Waals surface area (Å²) in [6, 6.07) is 6.61. The first-order chi connectivity index (χ1) is 9.10. The van der Waals surface area contributed by atoms with Gasteiger partial charge in [-0.1, -0.05) is 44.5 Å². The molecule has 106 valence electrons. The average Bonchev–Trinajstić information content (AvgIpc) is 2.38. The lowest BCUT2D eigenvalue weighted by atomic mass is 10.1. The maximum absolute atomic E-state index is 5.87. The van der Waals surface area contributed by atoms with Crippen LogP contribution in [0.1, 0.15) is 45.1 Å². The van der Waals surface area contributed by atoms with Gasteiger partial charge in [-0.3, -0.25) is 0 Å². The molecule has 1 rings (SSSR count). The summed E-state index contributed by atoms with van der Waals surface area (Å²) >= 11 is 6.87. The van der Waals surface area contributed by atoms with Crippen LogP contribution in [0.15, 0.2) is 23.1 Å². The van der Waals surface area contributed by atoms with Gasteiger partial charge in [-0.05, 0) is 31.7 Å². The van der Waals surface area contributed by atoms with Gasteiger partial charge in [-0.25, -0.2) is 0 Å². The fourth-order valence-corrected chi connectivity index (χ4v) is 3.04. The van der Waals surface area contributed by atoms with Crippen molar-refractivity contribution in [3.63, 3.8) is 0 Å². The third-order valence-electron chi connectivity index (χ3n) is 3.14. The maximum atomic E-state index is 5.87. The Morgan fingerprint density at radius 2 is 2.16 bits per heavy atom. The largest absolute Gasteiger partial charge is 0.389 e. The molecule has 1 aromatic carbocycles. The van der Waals surface area contributed by atoms with Crippen LogP contribution in [0.25, 0.3) is 0 Å². The van der Waals surface area contributed by atoms with E-state index in [4.69, 9.17) is 18.0 Å². The number of thioether (sulfide) groups is 1. The minimum absolute atomic E-state index is 0.441. The lowest BCUT2D eigenvalue weighted by Gasteiger charge is -2.19. The first kappa shape index (κ1) is 16.3. The molecule has 3 N–H and O–H groups in total. The number of hydrogen-bond donors (Lipinski definition) is 2. The van der Waals surface area contributed by atoms with Crippen molar-refractivity contribution < 1.29 is 0 Å². The van der Waals surface area contributed by atoms with Gasteiger partial charge in [0.15, 0.2) is 0 Å². The van der Waals surface area contributed by atoms with Gasteiger partial charge in [0, 0.05) is 22.2 Å². The standard InChI is InChI=1S/C15H24N2S2/c1-4-5-6-8-11(2)17-12-9-7-10-13(19-3)14(12)15(16)18/h7,9-11,17H,4-6,8H2,1-3H3,(H2,16,18). The number of benzene rings is 1. The van der Waals surface area contributed by atoms with Crippen LogP contribution in [0, 0.1) is 0 Å². The lowest BCUT2D eigenvalue weighted by Crippen LogP contribution is -2.20. The fraction of sp³-hybridized carbons (Fsp3) is 0.533. The fourth-order valence-electron chi connectivity index (χ4n) is 2.11. The van der Waals surface area contributed by atoms with E-state index in [1.54, 1.807) is 11.8 Å². The van der Waals surface area contributed by atoms with Gasteiger partial charge in [0.05, 0.1) is 0 Å². The topological polar surface area (TPSA) is 38.0 Å². The average molecular weight is 297 g/mol. The normalized spacial score (nSPS) is 12.2. The summed E-state index contributed by atoms with van der Waals surface area (Å²) < 4.78 is 0. The van der Waals surface area contributed by atoms with Gasteiger partial charge in [0.1, 0.15) is 4.99 Å². The van der Waals surface area contributed by atoms with Crippen LogP contribution in [-0.2, 0) is 0 Å². The molecule has 4 heteroatoms. The zero-order valence-electron chi connectivity index (χ0n) is 12.0. The van der Waals surface area contributed by atoms with Crippen LogP contribution in [0.3, 0.4) is 0 Å². The second kappa shape index (κ2) is 8.43. The second-order valence-corrected chi connectivity index (χ2v) is 6.08. The Bertz CT molecular complexity index is 419. The van der Waals surface area contributed by atoms with Crippen molar-refractivity contribution >= 4 is 34.7 Å². The van der Waals surface area contributed by atoms with Crippen molar-refractivity contribution in [2.45, 2.75) is 50.5 Å². The van der Waals surface area contributed by atoms with Gasteiger partial charge < -0.3 is 11.1 Å². The molecule has 0 aliphatic rings. The Hall–Kier alpha value is -0.740. The predicted molar refractivity (Wildman–Crippen MR) is 91.3 cm³/mol. The lowest BCUT2D eigenvalue weighted by molar-refractivity contribution is 0.615. The van der Waals surface area contributed by atoms with Gasteiger partial charge in [0.25, 0.3) is 0 Å². The molecule has 0 radical (unpaired) electrons. The van der Waals surface area contributed by atoms with Crippen LogP contribution < -0.4 is 11.1 Å². The Balaban J connectivity index is 2.79. The summed E-state index contributed by atoms with van der Waals surface area (Å²) in [5, 5.41) is 3.54. The van der Waals surface area contributed by atoms with Crippen molar-refractivity contribution in [1.82, 2.24) is 0 Å². The molecule has 0 saturated carbocycles. The van der Waals surface area contributed by atoms with E-state index in [-0.39, 0.29) is 0 Å². The maximum Gasteiger partial charge on any atom is 0.107 e. The molecule has 0 amide bonds. The highest BCUT2D eigenvalue weighted by atomic mass is 32.2. The highest BCUT2D eigenvalue weighted by Gasteiger charge is 2.12. The van der Waals surface area contributed by atoms with Gasteiger partial charge in [-0.2, -0.15) is 0 Å². The van der Waals surface area contributed by atoms with Crippen LogP contribution in [0.4, 0.5) is 5.69 Å². The summed E-state index contributed by atoms with van der Waals surface area (Å²) in [6.07, 6.45) is 7.03. The third kappa shape index (κ3) is 5.03. The summed E-state index contributed by atoms with van der Waals surface area (Å²) in [5.41, 5.74) is 7.90. The molecule has 0 saturated heterocycles. The van der Waals surface area contributed by atoms with Crippen molar-refractivity contribution in [3.05, 3.63) is 23.8 Å². The van der Waals surface area contributed by atoms with Gasteiger partial charge in [-0.15, -0.1) is 11.8 Å². The monoisotopic (exact) mass is 296 g/mol. The van der Waals surface area contributed by atoms with E-state index < -0.39 is 0 Å². The minimum Gasteiger partial charge on any atom is -0.389 e. The van der Waals surface area contributed by atoms with Crippen molar-refractivity contribution in [2.24, 2.45) is 5.73 Å². The van der Waals surface area contributed by atoms with Crippen LogP contribution in [0.2, 0.25) is 0 Å². The predicted octanol–water partition coefficient (Wildman–Crippen LogP) is 4.42. The molecule has 0 aliphatic heterocycles. The second-order valence-electron chi connectivity index (χ2n) is 4.79. The number of rotatable bonds is 8. The van der Waals surface area contributed by atoms with Crippen LogP contribution in [0.5, 0.6) is 0 Å². The zero-order valence-corrected chi connectivity index (χ0v) is 13.7. The smallest absolute Gasteiger partial charge is 0.107 e. The van der Waals surface area contributed by atoms with E-state index in [1.165, 1.54) is 25.7 Å². The molecule has 1 unspecified atom stereocenters. The molecule has 1 atom stereocenters. The van der Waals surface area contributed by atoms with E-state index >= 15 is 0 Å². The highest BCUT2D eigenvalue weighted by molar-refractivity contribution is 7.98. The number of nitrogens with one attached hydrogen (secondary N) is 1. The number of nitrogens with two attached hydrogens (primary N) is 1. The first-order valence-electron chi connectivity index (χ1n) is 6.83. The number of hydrogen-bond acceptors (Lipinski definition) is 3. The molecule has 19 heavy (non-hydrogen) atoms. The van der Waals surface area contributed by atoms with E-state index in [0.717, 1.165) is 16.1 Å². The van der Waals surface area contributed by atoms with Gasteiger partial charge in [0.2, 0.25) is 0 Å². The molecule has 0 heterocycles. The molecule has 0 aromatic heterocycles. The zero-order chi connectivity index (χ0) is 14.3. The van der Waals surface area contributed by atoms with E-state index in [2.05, 4.69) is 37.4 Å². The Kier molecular flexibility index (Phi) is 7.24. The van der Waals surface area contributed by atoms with Crippen LogP contribution >= 0.6 is 24.0 Å². The molecule has 2 nitrogen and oxygen atoms in total.